The molecule has 1 aromatic carbocycles. The van der Waals surface area contributed by atoms with Crippen molar-refractivity contribution in [3.8, 4) is 11.5 Å². The summed E-state index contributed by atoms with van der Waals surface area (Å²) in [5.41, 5.74) is 1.18. The van der Waals surface area contributed by atoms with Gasteiger partial charge in [-0.15, -0.1) is 0 Å². The van der Waals surface area contributed by atoms with E-state index in [1.165, 1.54) is 5.56 Å². The van der Waals surface area contributed by atoms with E-state index in [0.29, 0.717) is 0 Å². The fraction of sp³-hybridized carbons (Fsp3) is 0.429. The number of nitrogens with one attached hydrogen (secondary N) is 1. The molecule has 0 bridgehead atoms. The fourth-order valence-corrected chi connectivity index (χ4v) is 1.44. The zero-order valence-electron chi connectivity index (χ0n) is 10.8. The third-order valence-corrected chi connectivity index (χ3v) is 2.45. The molecular weight excluding hydrogens is 214 g/mol. The lowest BCUT2D eigenvalue weighted by atomic mass is 10.2. The maximum atomic E-state index is 5.74. The minimum Gasteiger partial charge on any atom is -0.493 e. The van der Waals surface area contributed by atoms with Crippen LogP contribution in [0.25, 0.3) is 0 Å². The van der Waals surface area contributed by atoms with Gasteiger partial charge in [-0.05, 0) is 31.2 Å². The van der Waals surface area contributed by atoms with E-state index in [2.05, 4.69) is 18.8 Å². The Morgan fingerprint density at radius 1 is 1.41 bits per heavy atom. The number of hydrogen-bond donors (Lipinski definition) is 1. The standard InChI is InChI=1S/C14H21NO2/c1-5-11(3)17-14-9-12(10-15-6-2)7-8-13(14)16-4/h5,7-9,11,15H,1,6,10H2,2-4H3. The van der Waals surface area contributed by atoms with Crippen LogP contribution in [0.15, 0.2) is 30.9 Å². The minimum absolute atomic E-state index is 0.0294. The van der Waals surface area contributed by atoms with Crippen molar-refractivity contribution in [1.29, 1.82) is 0 Å². The molecule has 0 spiro atoms. The van der Waals surface area contributed by atoms with Crippen molar-refractivity contribution in [1.82, 2.24) is 5.32 Å². The normalized spacial score (nSPS) is 11.9. The molecule has 0 radical (unpaired) electrons. The van der Waals surface area contributed by atoms with Crippen molar-refractivity contribution in [2.24, 2.45) is 0 Å². The van der Waals surface area contributed by atoms with E-state index in [4.69, 9.17) is 9.47 Å². The quantitative estimate of drug-likeness (QED) is 0.737. The first-order valence-electron chi connectivity index (χ1n) is 5.88. The molecule has 0 aliphatic rings. The summed E-state index contributed by atoms with van der Waals surface area (Å²) in [6, 6.07) is 5.96. The molecule has 1 aromatic rings. The zero-order valence-corrected chi connectivity index (χ0v) is 10.8. The summed E-state index contributed by atoms with van der Waals surface area (Å²) in [5, 5.41) is 3.28. The minimum atomic E-state index is -0.0294. The fourth-order valence-electron chi connectivity index (χ4n) is 1.44. The molecule has 0 fully saturated rings. The molecule has 17 heavy (non-hydrogen) atoms. The van der Waals surface area contributed by atoms with Crippen LogP contribution >= 0.6 is 0 Å². The highest BCUT2D eigenvalue weighted by atomic mass is 16.5. The van der Waals surface area contributed by atoms with E-state index in [1.807, 2.05) is 25.1 Å². The van der Waals surface area contributed by atoms with Gasteiger partial charge in [0.25, 0.3) is 0 Å². The first kappa shape index (κ1) is 13.6. The topological polar surface area (TPSA) is 30.5 Å². The van der Waals surface area contributed by atoms with Gasteiger partial charge >= 0.3 is 0 Å². The van der Waals surface area contributed by atoms with Crippen molar-refractivity contribution in [3.05, 3.63) is 36.4 Å². The van der Waals surface area contributed by atoms with Gasteiger partial charge in [0.1, 0.15) is 6.10 Å². The Balaban J connectivity index is 2.85. The Bertz CT molecular complexity index is 363. The lowest BCUT2D eigenvalue weighted by Gasteiger charge is -2.15. The van der Waals surface area contributed by atoms with Crippen LogP contribution < -0.4 is 14.8 Å². The monoisotopic (exact) mass is 235 g/mol. The number of hydrogen-bond acceptors (Lipinski definition) is 3. The Hall–Kier alpha value is -1.48. The predicted molar refractivity (Wildman–Crippen MR) is 70.7 cm³/mol. The van der Waals surface area contributed by atoms with Gasteiger partial charge in [0.2, 0.25) is 0 Å². The van der Waals surface area contributed by atoms with E-state index in [1.54, 1.807) is 13.2 Å². The highest BCUT2D eigenvalue weighted by molar-refractivity contribution is 5.43. The number of methoxy groups -OCH3 is 1. The van der Waals surface area contributed by atoms with Gasteiger partial charge in [0.05, 0.1) is 7.11 Å². The maximum absolute atomic E-state index is 5.74. The summed E-state index contributed by atoms with van der Waals surface area (Å²) < 4.78 is 11.0. The van der Waals surface area contributed by atoms with Crippen LogP contribution in [0.1, 0.15) is 19.4 Å². The van der Waals surface area contributed by atoms with Gasteiger partial charge in [-0.25, -0.2) is 0 Å². The second-order valence-electron chi connectivity index (χ2n) is 3.82. The van der Waals surface area contributed by atoms with Crippen LogP contribution in [0.2, 0.25) is 0 Å². The molecule has 3 nitrogen and oxygen atoms in total. The third-order valence-electron chi connectivity index (χ3n) is 2.45. The van der Waals surface area contributed by atoms with Gasteiger partial charge in [-0.3, -0.25) is 0 Å². The van der Waals surface area contributed by atoms with Crippen molar-refractivity contribution in [2.75, 3.05) is 13.7 Å². The summed E-state index contributed by atoms with van der Waals surface area (Å²) >= 11 is 0. The van der Waals surface area contributed by atoms with Crippen LogP contribution in [0, 0.1) is 0 Å². The van der Waals surface area contributed by atoms with Crippen LogP contribution in [0.4, 0.5) is 0 Å². The molecule has 0 aliphatic carbocycles. The van der Waals surface area contributed by atoms with E-state index >= 15 is 0 Å². The molecule has 0 saturated heterocycles. The Labute approximate surface area is 103 Å². The van der Waals surface area contributed by atoms with Gasteiger partial charge in [0.15, 0.2) is 11.5 Å². The molecule has 0 aromatic heterocycles. The van der Waals surface area contributed by atoms with Gasteiger partial charge in [-0.2, -0.15) is 0 Å². The van der Waals surface area contributed by atoms with E-state index < -0.39 is 0 Å². The highest BCUT2D eigenvalue weighted by Crippen LogP contribution is 2.29. The number of rotatable bonds is 7. The average molecular weight is 235 g/mol. The summed E-state index contributed by atoms with van der Waals surface area (Å²) in [6.07, 6.45) is 1.73. The second-order valence-corrected chi connectivity index (χ2v) is 3.82. The molecule has 0 amide bonds. The molecule has 1 unspecified atom stereocenters. The third kappa shape index (κ3) is 4.11. The van der Waals surface area contributed by atoms with Crippen LogP contribution in [-0.4, -0.2) is 19.8 Å². The Morgan fingerprint density at radius 3 is 2.76 bits per heavy atom. The van der Waals surface area contributed by atoms with Crippen LogP contribution in [0.5, 0.6) is 11.5 Å². The van der Waals surface area contributed by atoms with Gasteiger partial charge in [0, 0.05) is 6.54 Å². The summed E-state index contributed by atoms with van der Waals surface area (Å²) in [6.45, 7) is 9.52. The Morgan fingerprint density at radius 2 is 2.18 bits per heavy atom. The molecule has 3 heteroatoms. The number of ether oxygens (including phenoxy) is 2. The number of benzene rings is 1. The van der Waals surface area contributed by atoms with E-state index in [-0.39, 0.29) is 6.10 Å². The molecular formula is C14H21NO2. The van der Waals surface area contributed by atoms with Gasteiger partial charge in [-0.1, -0.05) is 25.6 Å². The average Bonchev–Trinajstić information content (AvgIpc) is 2.36. The van der Waals surface area contributed by atoms with Crippen molar-refractivity contribution in [2.45, 2.75) is 26.5 Å². The van der Waals surface area contributed by atoms with E-state index in [0.717, 1.165) is 24.6 Å². The molecule has 1 rings (SSSR count). The second kappa shape index (κ2) is 6.97. The van der Waals surface area contributed by atoms with Crippen LogP contribution in [0.3, 0.4) is 0 Å². The predicted octanol–water partition coefficient (Wildman–Crippen LogP) is 2.76. The summed E-state index contributed by atoms with van der Waals surface area (Å²) in [7, 11) is 1.64. The van der Waals surface area contributed by atoms with E-state index in [9.17, 15) is 0 Å². The van der Waals surface area contributed by atoms with Crippen molar-refractivity contribution < 1.29 is 9.47 Å². The first-order valence-corrected chi connectivity index (χ1v) is 5.88. The van der Waals surface area contributed by atoms with Crippen molar-refractivity contribution in [3.63, 3.8) is 0 Å². The highest BCUT2D eigenvalue weighted by Gasteiger charge is 2.07. The largest absolute Gasteiger partial charge is 0.493 e. The first-order chi connectivity index (χ1) is 8.21. The lowest BCUT2D eigenvalue weighted by Crippen LogP contribution is -2.13. The smallest absolute Gasteiger partial charge is 0.162 e. The SMILES string of the molecule is C=CC(C)Oc1cc(CNCC)ccc1OC. The lowest BCUT2D eigenvalue weighted by molar-refractivity contribution is 0.254. The Kier molecular flexibility index (Phi) is 5.57. The zero-order chi connectivity index (χ0) is 12.7. The summed E-state index contributed by atoms with van der Waals surface area (Å²) in [4.78, 5) is 0. The molecule has 1 N–H and O–H groups in total. The molecule has 1 atom stereocenters. The van der Waals surface area contributed by atoms with Gasteiger partial charge < -0.3 is 14.8 Å². The molecule has 0 heterocycles. The van der Waals surface area contributed by atoms with Crippen molar-refractivity contribution >= 4 is 0 Å². The summed E-state index contributed by atoms with van der Waals surface area (Å²) in [5.74, 6) is 1.51. The maximum Gasteiger partial charge on any atom is 0.162 e. The molecule has 94 valence electrons. The molecule has 0 saturated carbocycles. The van der Waals surface area contributed by atoms with Crippen LogP contribution in [-0.2, 0) is 6.54 Å². The molecule has 0 aliphatic heterocycles.